The minimum atomic E-state index is -0.534. The van der Waals surface area contributed by atoms with Crippen LogP contribution in [-0.4, -0.2) is 27.8 Å². The van der Waals surface area contributed by atoms with Crippen LogP contribution in [0.25, 0.3) is 0 Å². The van der Waals surface area contributed by atoms with E-state index in [9.17, 15) is 4.79 Å². The summed E-state index contributed by atoms with van der Waals surface area (Å²) in [5, 5.41) is 4.27. The van der Waals surface area contributed by atoms with E-state index in [-0.39, 0.29) is 15.2 Å². The Morgan fingerprint density at radius 2 is 2.35 bits per heavy atom. The van der Waals surface area contributed by atoms with Crippen LogP contribution in [0.3, 0.4) is 0 Å². The highest BCUT2D eigenvalue weighted by Gasteiger charge is 2.18. The maximum atomic E-state index is 11.3. The molecular formula is C9H8ClN3O3S. The second-order valence-electron chi connectivity index (χ2n) is 3.04. The van der Waals surface area contributed by atoms with Crippen LogP contribution in [0.15, 0.2) is 12.4 Å². The zero-order valence-electron chi connectivity index (χ0n) is 9.01. The Balaban J connectivity index is 2.20. The minimum absolute atomic E-state index is 0.0701. The molecule has 0 N–H and O–H groups in total. The fourth-order valence-electron chi connectivity index (χ4n) is 1.10. The van der Waals surface area contributed by atoms with Gasteiger partial charge in [-0.2, -0.15) is 10.1 Å². The third kappa shape index (κ3) is 2.56. The van der Waals surface area contributed by atoms with Gasteiger partial charge in [-0.25, -0.2) is 4.79 Å². The first-order valence-electron chi connectivity index (χ1n) is 4.51. The highest BCUT2D eigenvalue weighted by atomic mass is 35.5. The maximum Gasteiger partial charge on any atom is 0.351 e. The number of thiazole rings is 1. The minimum Gasteiger partial charge on any atom is -0.465 e. The largest absolute Gasteiger partial charge is 0.465 e. The van der Waals surface area contributed by atoms with Gasteiger partial charge < -0.3 is 9.47 Å². The Hall–Kier alpha value is -1.60. The molecule has 0 radical (unpaired) electrons. The molecule has 0 aliphatic rings. The standard InChI is InChI=1S/C9H8ClN3O3S/c1-13-4-5(3-11-13)16-9-12-7(10)6(17-9)8(14)15-2/h3-4H,1-2H3. The number of ether oxygens (including phenoxy) is 2. The zero-order valence-corrected chi connectivity index (χ0v) is 10.6. The van der Waals surface area contributed by atoms with Crippen LogP contribution >= 0.6 is 22.9 Å². The van der Waals surface area contributed by atoms with Crippen LogP contribution in [0.2, 0.25) is 5.15 Å². The van der Waals surface area contributed by atoms with Crippen molar-refractivity contribution >= 4 is 28.9 Å². The van der Waals surface area contributed by atoms with Gasteiger partial charge >= 0.3 is 5.97 Å². The zero-order chi connectivity index (χ0) is 12.4. The second-order valence-corrected chi connectivity index (χ2v) is 4.36. The Morgan fingerprint density at radius 3 is 2.94 bits per heavy atom. The molecule has 8 heteroatoms. The number of esters is 1. The Kier molecular flexibility index (Phi) is 3.30. The first-order chi connectivity index (χ1) is 8.10. The first kappa shape index (κ1) is 11.9. The molecule has 0 bridgehead atoms. The number of hydrogen-bond donors (Lipinski definition) is 0. The molecule has 6 nitrogen and oxygen atoms in total. The number of aryl methyl sites for hydroxylation is 1. The SMILES string of the molecule is COC(=O)c1sc(Oc2cnn(C)c2)nc1Cl. The van der Waals surface area contributed by atoms with Gasteiger partial charge in [-0.15, -0.1) is 0 Å². The van der Waals surface area contributed by atoms with Crippen LogP contribution < -0.4 is 4.74 Å². The van der Waals surface area contributed by atoms with E-state index in [1.54, 1.807) is 17.9 Å². The number of carbonyl (C=O) groups is 1. The van der Waals surface area contributed by atoms with E-state index in [2.05, 4.69) is 14.8 Å². The molecule has 2 aromatic heterocycles. The third-order valence-corrected chi connectivity index (χ3v) is 3.12. The van der Waals surface area contributed by atoms with Gasteiger partial charge in [0.15, 0.2) is 15.8 Å². The van der Waals surface area contributed by atoms with E-state index in [0.29, 0.717) is 5.75 Å². The normalized spacial score (nSPS) is 10.3. The highest BCUT2D eigenvalue weighted by molar-refractivity contribution is 7.15. The maximum absolute atomic E-state index is 11.3. The molecule has 0 amide bonds. The number of hydrogen-bond acceptors (Lipinski definition) is 6. The monoisotopic (exact) mass is 273 g/mol. The molecule has 0 spiro atoms. The van der Waals surface area contributed by atoms with Crippen LogP contribution in [-0.2, 0) is 11.8 Å². The van der Waals surface area contributed by atoms with Crippen molar-refractivity contribution in [2.45, 2.75) is 0 Å². The van der Waals surface area contributed by atoms with Gasteiger partial charge in [0, 0.05) is 7.05 Å². The number of halogens is 1. The lowest BCUT2D eigenvalue weighted by atomic mass is 10.6. The topological polar surface area (TPSA) is 66.2 Å². The average molecular weight is 274 g/mol. The van der Waals surface area contributed by atoms with Gasteiger partial charge in [0.2, 0.25) is 0 Å². The summed E-state index contributed by atoms with van der Waals surface area (Å²) >= 11 is 6.81. The number of nitrogens with zero attached hydrogens (tertiary/aromatic N) is 3. The van der Waals surface area contributed by atoms with E-state index in [0.717, 1.165) is 11.3 Å². The van der Waals surface area contributed by atoms with Crippen molar-refractivity contribution in [3.63, 3.8) is 0 Å². The first-order valence-corrected chi connectivity index (χ1v) is 5.70. The molecule has 0 atom stereocenters. The molecule has 0 saturated carbocycles. The van der Waals surface area contributed by atoms with Crippen LogP contribution in [0, 0.1) is 0 Å². The predicted octanol–water partition coefficient (Wildman–Crippen LogP) is 2.11. The molecule has 2 heterocycles. The molecule has 0 saturated heterocycles. The number of carbonyl (C=O) groups excluding carboxylic acids is 1. The molecule has 0 fully saturated rings. The molecule has 17 heavy (non-hydrogen) atoms. The lowest BCUT2D eigenvalue weighted by Crippen LogP contribution is -1.98. The Morgan fingerprint density at radius 1 is 1.59 bits per heavy atom. The van der Waals surface area contributed by atoms with Crippen molar-refractivity contribution < 1.29 is 14.3 Å². The Labute approximate surface area is 106 Å². The summed E-state index contributed by atoms with van der Waals surface area (Å²) in [4.78, 5) is 15.4. The van der Waals surface area contributed by atoms with Crippen molar-refractivity contribution in [1.82, 2.24) is 14.8 Å². The molecule has 0 aromatic carbocycles. The van der Waals surface area contributed by atoms with E-state index in [4.69, 9.17) is 16.3 Å². The average Bonchev–Trinajstić information content (AvgIpc) is 2.85. The van der Waals surface area contributed by atoms with Gasteiger partial charge in [0.05, 0.1) is 19.5 Å². The van der Waals surface area contributed by atoms with Gasteiger partial charge in [-0.3, -0.25) is 4.68 Å². The third-order valence-electron chi connectivity index (χ3n) is 1.82. The predicted molar refractivity (Wildman–Crippen MR) is 61.7 cm³/mol. The van der Waals surface area contributed by atoms with Gasteiger partial charge in [0.1, 0.15) is 0 Å². The molecule has 2 aromatic rings. The summed E-state index contributed by atoms with van der Waals surface area (Å²) in [6.45, 7) is 0. The van der Waals surface area contributed by atoms with Crippen LogP contribution in [0.4, 0.5) is 0 Å². The van der Waals surface area contributed by atoms with Crippen molar-refractivity contribution in [2.75, 3.05) is 7.11 Å². The smallest absolute Gasteiger partial charge is 0.351 e. The van der Waals surface area contributed by atoms with E-state index < -0.39 is 5.97 Å². The van der Waals surface area contributed by atoms with E-state index in [1.807, 2.05) is 0 Å². The fraction of sp³-hybridized carbons (Fsp3) is 0.222. The molecular weight excluding hydrogens is 266 g/mol. The Bertz CT molecular complexity index is 551. The summed E-state index contributed by atoms with van der Waals surface area (Å²) in [6.07, 6.45) is 3.21. The number of rotatable bonds is 3. The van der Waals surface area contributed by atoms with Crippen molar-refractivity contribution in [3.05, 3.63) is 22.4 Å². The summed E-state index contributed by atoms with van der Waals surface area (Å²) in [7, 11) is 3.04. The van der Waals surface area contributed by atoms with Gasteiger partial charge in [-0.05, 0) is 0 Å². The lowest BCUT2D eigenvalue weighted by molar-refractivity contribution is 0.0606. The second kappa shape index (κ2) is 4.72. The van der Waals surface area contributed by atoms with Gasteiger partial charge in [-0.1, -0.05) is 22.9 Å². The summed E-state index contributed by atoms with van der Waals surface area (Å²) < 4.78 is 11.5. The van der Waals surface area contributed by atoms with Crippen molar-refractivity contribution in [2.24, 2.45) is 7.05 Å². The summed E-state index contributed by atoms with van der Waals surface area (Å²) in [5.41, 5.74) is 0. The van der Waals surface area contributed by atoms with Gasteiger partial charge in [0.25, 0.3) is 5.19 Å². The summed E-state index contributed by atoms with van der Waals surface area (Å²) in [5.74, 6) is -0.0112. The molecule has 0 aliphatic heterocycles. The molecule has 2 rings (SSSR count). The van der Waals surface area contributed by atoms with Crippen molar-refractivity contribution in [3.8, 4) is 10.9 Å². The number of aromatic nitrogens is 3. The lowest BCUT2D eigenvalue weighted by Gasteiger charge is -1.94. The van der Waals surface area contributed by atoms with Crippen molar-refractivity contribution in [1.29, 1.82) is 0 Å². The summed E-state index contributed by atoms with van der Waals surface area (Å²) in [6, 6.07) is 0. The number of methoxy groups -OCH3 is 1. The van der Waals surface area contributed by atoms with E-state index >= 15 is 0 Å². The van der Waals surface area contributed by atoms with Crippen LogP contribution in [0.5, 0.6) is 10.9 Å². The van der Waals surface area contributed by atoms with Crippen LogP contribution in [0.1, 0.15) is 9.67 Å². The fourth-order valence-corrected chi connectivity index (χ4v) is 2.16. The molecule has 90 valence electrons. The molecule has 0 unspecified atom stereocenters. The highest BCUT2D eigenvalue weighted by Crippen LogP contribution is 2.32. The molecule has 0 aliphatic carbocycles. The quantitative estimate of drug-likeness (QED) is 0.801. The van der Waals surface area contributed by atoms with E-state index in [1.165, 1.54) is 13.3 Å².